The molecule has 4 nitrogen and oxygen atoms in total. The van der Waals surface area contributed by atoms with E-state index in [0.717, 1.165) is 19.3 Å². The van der Waals surface area contributed by atoms with Crippen molar-refractivity contribution in [2.45, 2.75) is 96.3 Å². The van der Waals surface area contributed by atoms with Crippen LogP contribution in [0.5, 0.6) is 0 Å². The van der Waals surface area contributed by atoms with Gasteiger partial charge in [0.2, 0.25) is 0 Å². The number of rotatable bonds is 17. The van der Waals surface area contributed by atoms with E-state index in [2.05, 4.69) is 0 Å². The average Bonchev–Trinajstić information content (AvgIpc) is 2.98. The third-order valence-electron chi connectivity index (χ3n) is 5.92. The van der Waals surface area contributed by atoms with Crippen molar-refractivity contribution in [1.82, 2.24) is 4.90 Å². The number of benzene rings is 1. The maximum Gasteiger partial charge on any atom is 0.261 e. The third kappa shape index (κ3) is 8.30. The first-order valence-electron chi connectivity index (χ1n) is 11.8. The number of aliphatic hydroxyl groups excluding tert-OH is 1. The van der Waals surface area contributed by atoms with Crippen LogP contribution in [0.25, 0.3) is 0 Å². The van der Waals surface area contributed by atoms with Gasteiger partial charge in [-0.2, -0.15) is 0 Å². The van der Waals surface area contributed by atoms with Crippen molar-refractivity contribution in [3.05, 3.63) is 35.4 Å². The van der Waals surface area contributed by atoms with Crippen LogP contribution in [-0.2, 0) is 0 Å². The van der Waals surface area contributed by atoms with Gasteiger partial charge in [0.05, 0.1) is 11.1 Å². The first-order chi connectivity index (χ1) is 14.3. The predicted octanol–water partition coefficient (Wildman–Crippen LogP) is 6.13. The van der Waals surface area contributed by atoms with E-state index >= 15 is 0 Å². The van der Waals surface area contributed by atoms with Gasteiger partial charge in [-0.25, -0.2) is 0 Å². The van der Waals surface area contributed by atoms with Crippen molar-refractivity contribution in [2.24, 2.45) is 0 Å². The number of aliphatic hydroxyl groups is 1. The lowest BCUT2D eigenvalue weighted by molar-refractivity contribution is 0.0651. The zero-order valence-electron chi connectivity index (χ0n) is 18.0. The van der Waals surface area contributed by atoms with Crippen LogP contribution >= 0.6 is 0 Å². The van der Waals surface area contributed by atoms with Crippen LogP contribution in [0.1, 0.15) is 117 Å². The summed E-state index contributed by atoms with van der Waals surface area (Å²) < 4.78 is 0. The number of hydrogen-bond acceptors (Lipinski definition) is 3. The number of hydrogen-bond donors (Lipinski definition) is 1. The highest BCUT2D eigenvalue weighted by atomic mass is 16.3. The monoisotopic (exact) mass is 401 g/mol. The number of amides is 2. The molecule has 2 rings (SSSR count). The van der Waals surface area contributed by atoms with Crippen LogP contribution in [0, 0.1) is 0 Å². The number of fused-ring (bicyclic) bond motifs is 1. The Hall–Kier alpha value is -1.68. The molecule has 0 spiro atoms. The number of unbranched alkanes of at least 4 members (excludes halogenated alkanes) is 14. The molecule has 0 saturated carbocycles. The number of nitrogens with zero attached hydrogens (tertiary/aromatic N) is 1. The average molecular weight is 402 g/mol. The maximum atomic E-state index is 12.3. The normalized spacial score (nSPS) is 13.3. The van der Waals surface area contributed by atoms with Crippen molar-refractivity contribution in [2.75, 3.05) is 13.2 Å². The van der Waals surface area contributed by atoms with Gasteiger partial charge in [0.25, 0.3) is 11.8 Å². The molecule has 0 saturated heterocycles. The lowest BCUT2D eigenvalue weighted by atomic mass is 10.0. The van der Waals surface area contributed by atoms with Crippen LogP contribution in [0.15, 0.2) is 24.3 Å². The molecule has 1 aromatic carbocycles. The highest BCUT2D eigenvalue weighted by Gasteiger charge is 2.34. The van der Waals surface area contributed by atoms with Crippen molar-refractivity contribution in [3.63, 3.8) is 0 Å². The Morgan fingerprint density at radius 2 is 0.897 bits per heavy atom. The Kier molecular flexibility index (Phi) is 11.7. The molecule has 0 fully saturated rings. The van der Waals surface area contributed by atoms with Gasteiger partial charge in [-0.3, -0.25) is 14.5 Å². The van der Waals surface area contributed by atoms with E-state index in [0.29, 0.717) is 24.3 Å². The molecule has 0 aromatic heterocycles. The van der Waals surface area contributed by atoms with Gasteiger partial charge in [0, 0.05) is 13.2 Å². The zero-order chi connectivity index (χ0) is 20.7. The van der Waals surface area contributed by atoms with Gasteiger partial charge in [0.15, 0.2) is 0 Å². The summed E-state index contributed by atoms with van der Waals surface area (Å²) in [6.45, 7) is 0.888. The molecule has 1 heterocycles. The van der Waals surface area contributed by atoms with Crippen LogP contribution in [0.2, 0.25) is 0 Å². The molecule has 1 aromatic rings. The van der Waals surface area contributed by atoms with E-state index in [1.807, 2.05) is 12.1 Å². The Morgan fingerprint density at radius 3 is 1.28 bits per heavy atom. The molecule has 0 atom stereocenters. The van der Waals surface area contributed by atoms with Gasteiger partial charge < -0.3 is 5.11 Å². The topological polar surface area (TPSA) is 57.6 Å². The minimum atomic E-state index is -0.129. The molecule has 4 heteroatoms. The van der Waals surface area contributed by atoms with Crippen molar-refractivity contribution >= 4 is 11.8 Å². The standard InChI is InChI=1S/C25H39NO3/c27-21-17-13-11-9-7-5-3-1-2-4-6-8-10-12-16-20-26-24(28)22-18-14-15-19-23(22)25(26)29/h14-15,18-19,27H,1-13,16-17,20-21H2. The van der Waals surface area contributed by atoms with E-state index in [1.54, 1.807) is 12.1 Å². The minimum absolute atomic E-state index is 0.129. The smallest absolute Gasteiger partial charge is 0.261 e. The molecule has 0 bridgehead atoms. The van der Waals surface area contributed by atoms with E-state index < -0.39 is 0 Å². The second kappa shape index (κ2) is 14.3. The lowest BCUT2D eigenvalue weighted by Gasteiger charge is -2.13. The van der Waals surface area contributed by atoms with Gasteiger partial charge in [-0.1, -0.05) is 95.6 Å². The molecular formula is C25H39NO3. The van der Waals surface area contributed by atoms with Crippen LogP contribution in [-0.4, -0.2) is 35.0 Å². The Bertz CT molecular complexity index is 579. The number of carbonyl (C=O) groups is 2. The predicted molar refractivity (Wildman–Crippen MR) is 118 cm³/mol. The Labute approximate surface area is 176 Å². The number of carbonyl (C=O) groups excluding carboxylic acids is 2. The van der Waals surface area contributed by atoms with E-state index in [4.69, 9.17) is 5.11 Å². The molecule has 29 heavy (non-hydrogen) atoms. The lowest BCUT2D eigenvalue weighted by Crippen LogP contribution is -2.30. The van der Waals surface area contributed by atoms with E-state index in [-0.39, 0.29) is 11.8 Å². The molecule has 0 unspecified atom stereocenters. The van der Waals surface area contributed by atoms with Crippen LogP contribution in [0.3, 0.4) is 0 Å². The molecule has 0 aliphatic carbocycles. The minimum Gasteiger partial charge on any atom is -0.396 e. The SMILES string of the molecule is O=C1c2ccccc2C(=O)N1CCCCCCCCCCCCCCCCCO. The summed E-state index contributed by atoms with van der Waals surface area (Å²) in [6, 6.07) is 7.12. The highest BCUT2D eigenvalue weighted by Crippen LogP contribution is 2.23. The summed E-state index contributed by atoms with van der Waals surface area (Å²) in [5.41, 5.74) is 1.11. The summed E-state index contributed by atoms with van der Waals surface area (Å²) >= 11 is 0. The van der Waals surface area contributed by atoms with Crippen molar-refractivity contribution in [1.29, 1.82) is 0 Å². The summed E-state index contributed by atoms with van der Waals surface area (Å²) in [7, 11) is 0. The fourth-order valence-electron chi connectivity index (χ4n) is 4.12. The summed E-state index contributed by atoms with van der Waals surface area (Å²) in [5.74, 6) is -0.258. The summed E-state index contributed by atoms with van der Waals surface area (Å²) in [5, 5.41) is 8.74. The van der Waals surface area contributed by atoms with E-state index in [9.17, 15) is 9.59 Å². The molecular weight excluding hydrogens is 362 g/mol. The third-order valence-corrected chi connectivity index (χ3v) is 5.92. The Morgan fingerprint density at radius 1 is 0.552 bits per heavy atom. The van der Waals surface area contributed by atoms with Gasteiger partial charge in [-0.15, -0.1) is 0 Å². The second-order valence-corrected chi connectivity index (χ2v) is 8.33. The second-order valence-electron chi connectivity index (χ2n) is 8.33. The first-order valence-corrected chi connectivity index (χ1v) is 11.8. The highest BCUT2D eigenvalue weighted by molar-refractivity contribution is 6.21. The van der Waals surface area contributed by atoms with Gasteiger partial charge in [-0.05, 0) is 25.0 Å². The maximum absolute atomic E-state index is 12.3. The van der Waals surface area contributed by atoms with Crippen LogP contribution in [0.4, 0.5) is 0 Å². The molecule has 1 N–H and O–H groups in total. The van der Waals surface area contributed by atoms with E-state index in [1.165, 1.54) is 81.9 Å². The largest absolute Gasteiger partial charge is 0.396 e. The summed E-state index contributed by atoms with van der Waals surface area (Å²) in [6.07, 6.45) is 18.6. The molecule has 162 valence electrons. The van der Waals surface area contributed by atoms with Crippen LogP contribution < -0.4 is 0 Å². The first kappa shape index (κ1) is 23.6. The summed E-state index contributed by atoms with van der Waals surface area (Å²) in [4.78, 5) is 26.0. The molecule has 1 aliphatic rings. The fraction of sp³-hybridized carbons (Fsp3) is 0.680. The Balaban J connectivity index is 1.37. The van der Waals surface area contributed by atoms with Gasteiger partial charge in [0.1, 0.15) is 0 Å². The van der Waals surface area contributed by atoms with Crippen molar-refractivity contribution < 1.29 is 14.7 Å². The quantitative estimate of drug-likeness (QED) is 0.252. The fourth-order valence-corrected chi connectivity index (χ4v) is 4.12. The van der Waals surface area contributed by atoms with Gasteiger partial charge >= 0.3 is 0 Å². The molecule has 1 aliphatic heterocycles. The number of imide groups is 1. The molecule has 2 amide bonds. The van der Waals surface area contributed by atoms with Crippen molar-refractivity contribution in [3.8, 4) is 0 Å². The zero-order valence-corrected chi connectivity index (χ0v) is 18.0. The molecule has 0 radical (unpaired) electrons.